The summed E-state index contributed by atoms with van der Waals surface area (Å²) in [6.07, 6.45) is 1.73. The van der Waals surface area contributed by atoms with Gasteiger partial charge in [0, 0.05) is 16.1 Å². The van der Waals surface area contributed by atoms with Crippen LogP contribution in [-0.4, -0.2) is 34.3 Å². The normalized spacial score (nSPS) is 16.1. The van der Waals surface area contributed by atoms with Crippen LogP contribution in [0.4, 0.5) is 4.79 Å². The first-order valence-electron chi connectivity index (χ1n) is 10.8. The maximum atomic E-state index is 12.9. The molecule has 2 aromatic carbocycles. The molecule has 1 fully saturated rings. The van der Waals surface area contributed by atoms with Gasteiger partial charge in [-0.1, -0.05) is 53.1 Å². The molecule has 1 heterocycles. The van der Waals surface area contributed by atoms with E-state index in [0.29, 0.717) is 15.7 Å². The molecule has 0 radical (unpaired) electrons. The molecule has 3 rings (SSSR count). The highest BCUT2D eigenvalue weighted by Crippen LogP contribution is 2.41. The number of rotatable bonds is 5. The van der Waals surface area contributed by atoms with Crippen molar-refractivity contribution in [1.82, 2.24) is 4.90 Å². The largest absolute Gasteiger partial charge is 0.507 e. The number of amides is 2. The highest BCUT2D eigenvalue weighted by atomic mass is 35.5. The summed E-state index contributed by atoms with van der Waals surface area (Å²) in [5.41, 5.74) is 1.82. The zero-order valence-corrected chi connectivity index (χ0v) is 21.4. The lowest BCUT2D eigenvalue weighted by molar-refractivity contribution is -0.123. The Hall–Kier alpha value is -2.44. The van der Waals surface area contributed by atoms with Crippen LogP contribution in [0.5, 0.6) is 11.5 Å². The Kier molecular flexibility index (Phi) is 7.20. The van der Waals surface area contributed by atoms with E-state index >= 15 is 0 Å². The highest BCUT2D eigenvalue weighted by molar-refractivity contribution is 8.18. The van der Waals surface area contributed by atoms with E-state index in [1.165, 1.54) is 4.90 Å². The summed E-state index contributed by atoms with van der Waals surface area (Å²) in [7, 11) is 0. The van der Waals surface area contributed by atoms with E-state index in [2.05, 4.69) is 0 Å². The molecule has 1 aliphatic heterocycles. The van der Waals surface area contributed by atoms with Crippen molar-refractivity contribution in [3.05, 3.63) is 63.0 Å². The monoisotopic (exact) mass is 487 g/mol. The zero-order valence-electron chi connectivity index (χ0n) is 19.9. The fourth-order valence-electron chi connectivity index (χ4n) is 3.51. The van der Waals surface area contributed by atoms with Gasteiger partial charge in [-0.2, -0.15) is 0 Å². The molecule has 176 valence electrons. The molecule has 1 saturated heterocycles. The van der Waals surface area contributed by atoms with Crippen molar-refractivity contribution in [2.24, 2.45) is 0 Å². The van der Waals surface area contributed by atoms with Crippen LogP contribution < -0.4 is 4.74 Å². The number of carbonyl (C=O) groups is 2. The second kappa shape index (κ2) is 9.43. The first-order chi connectivity index (χ1) is 15.3. The molecule has 1 N–H and O–H groups in total. The Morgan fingerprint density at radius 1 is 1.00 bits per heavy atom. The Bertz CT molecular complexity index is 1060. The van der Waals surface area contributed by atoms with Gasteiger partial charge in [-0.05, 0) is 70.6 Å². The second-order valence-electron chi connectivity index (χ2n) is 10.1. The minimum Gasteiger partial charge on any atom is -0.507 e. The summed E-state index contributed by atoms with van der Waals surface area (Å²) in [6, 6.07) is 10.7. The highest BCUT2D eigenvalue weighted by Gasteiger charge is 2.35. The Balaban J connectivity index is 1.82. The van der Waals surface area contributed by atoms with Gasteiger partial charge in [0.25, 0.3) is 11.1 Å². The van der Waals surface area contributed by atoms with E-state index in [1.807, 2.05) is 53.7 Å². The van der Waals surface area contributed by atoms with E-state index in [-0.39, 0.29) is 40.9 Å². The van der Waals surface area contributed by atoms with E-state index in [1.54, 1.807) is 30.3 Å². The van der Waals surface area contributed by atoms with Crippen LogP contribution in [0.2, 0.25) is 5.02 Å². The molecule has 2 aromatic rings. The fourth-order valence-corrected chi connectivity index (χ4v) is 4.50. The first-order valence-corrected chi connectivity index (χ1v) is 12.0. The number of benzene rings is 2. The summed E-state index contributed by atoms with van der Waals surface area (Å²) in [5, 5.41) is 11.2. The van der Waals surface area contributed by atoms with Crippen LogP contribution in [0.3, 0.4) is 0 Å². The number of halogens is 1. The maximum Gasteiger partial charge on any atom is 0.293 e. The number of phenolic OH excluding ortho intramolecular Hbond substituents is 1. The van der Waals surface area contributed by atoms with Crippen molar-refractivity contribution in [2.45, 2.75) is 52.4 Å². The van der Waals surface area contributed by atoms with Crippen molar-refractivity contribution in [3.63, 3.8) is 0 Å². The summed E-state index contributed by atoms with van der Waals surface area (Å²) in [5.74, 6) is 0.558. The predicted molar refractivity (Wildman–Crippen MR) is 135 cm³/mol. The van der Waals surface area contributed by atoms with Crippen LogP contribution in [-0.2, 0) is 15.6 Å². The van der Waals surface area contributed by atoms with Crippen molar-refractivity contribution < 1.29 is 19.4 Å². The third kappa shape index (κ3) is 5.92. The van der Waals surface area contributed by atoms with Crippen molar-refractivity contribution in [2.75, 3.05) is 13.2 Å². The number of imide groups is 1. The van der Waals surface area contributed by atoms with Gasteiger partial charge in [0.15, 0.2) is 0 Å². The fraction of sp³-hybridized carbons (Fsp3) is 0.385. The number of aromatic hydroxyl groups is 1. The van der Waals surface area contributed by atoms with E-state index in [9.17, 15) is 14.7 Å². The van der Waals surface area contributed by atoms with E-state index in [0.717, 1.165) is 28.5 Å². The van der Waals surface area contributed by atoms with Gasteiger partial charge in [0.1, 0.15) is 18.1 Å². The average molecular weight is 488 g/mol. The van der Waals surface area contributed by atoms with E-state index < -0.39 is 0 Å². The minimum absolute atomic E-state index is 0.153. The SMILES string of the molecule is CC(C)(C)c1cc(/C=C2\SC(=O)N(CCOc3ccc(Cl)cc3)C2=O)cc(C(C)(C)C)c1O. The molecule has 7 heteroatoms. The molecule has 0 aromatic heterocycles. The summed E-state index contributed by atoms with van der Waals surface area (Å²) in [6.45, 7) is 12.5. The zero-order chi connectivity index (χ0) is 24.6. The summed E-state index contributed by atoms with van der Waals surface area (Å²) < 4.78 is 5.63. The third-order valence-electron chi connectivity index (χ3n) is 5.32. The molecule has 0 unspecified atom stereocenters. The van der Waals surface area contributed by atoms with Gasteiger partial charge in [-0.3, -0.25) is 14.5 Å². The molecule has 0 aliphatic carbocycles. The second-order valence-corrected chi connectivity index (χ2v) is 11.5. The molecule has 0 atom stereocenters. The number of thioether (sulfide) groups is 1. The molecule has 0 spiro atoms. The first kappa shape index (κ1) is 25.2. The smallest absolute Gasteiger partial charge is 0.293 e. The standard InChI is InChI=1S/C26H30ClNO4S/c1-25(2,3)19-13-16(14-20(22(19)29)26(4,5)6)15-21-23(30)28(24(31)33-21)11-12-32-18-9-7-17(27)8-10-18/h7-10,13-15,29H,11-12H2,1-6H3/b21-15-. The van der Waals surface area contributed by atoms with Gasteiger partial charge >= 0.3 is 0 Å². The topological polar surface area (TPSA) is 66.8 Å². The van der Waals surface area contributed by atoms with Gasteiger partial charge in [0.2, 0.25) is 0 Å². The van der Waals surface area contributed by atoms with Crippen LogP contribution in [0, 0.1) is 0 Å². The van der Waals surface area contributed by atoms with Crippen LogP contribution in [0.15, 0.2) is 41.3 Å². The average Bonchev–Trinajstić information content (AvgIpc) is 2.96. The van der Waals surface area contributed by atoms with Crippen molar-refractivity contribution >= 4 is 40.6 Å². The van der Waals surface area contributed by atoms with Gasteiger partial charge in [0.05, 0.1) is 11.4 Å². The van der Waals surface area contributed by atoms with E-state index in [4.69, 9.17) is 16.3 Å². The number of ether oxygens (including phenoxy) is 1. The summed E-state index contributed by atoms with van der Waals surface area (Å²) >= 11 is 6.79. The summed E-state index contributed by atoms with van der Waals surface area (Å²) in [4.78, 5) is 27.0. The Morgan fingerprint density at radius 2 is 1.55 bits per heavy atom. The van der Waals surface area contributed by atoms with Crippen molar-refractivity contribution in [1.29, 1.82) is 0 Å². The molecular formula is C26H30ClNO4S. The van der Waals surface area contributed by atoms with Crippen molar-refractivity contribution in [3.8, 4) is 11.5 Å². The molecule has 0 bridgehead atoms. The minimum atomic E-state index is -0.340. The van der Waals surface area contributed by atoms with Gasteiger partial charge in [-0.15, -0.1) is 0 Å². The number of hydrogen-bond acceptors (Lipinski definition) is 5. The van der Waals surface area contributed by atoms with Crippen LogP contribution >= 0.6 is 23.4 Å². The van der Waals surface area contributed by atoms with Gasteiger partial charge < -0.3 is 9.84 Å². The number of nitrogens with zero attached hydrogens (tertiary/aromatic N) is 1. The number of phenols is 1. The van der Waals surface area contributed by atoms with Crippen LogP contribution in [0.1, 0.15) is 58.2 Å². The molecule has 1 aliphatic rings. The lowest BCUT2D eigenvalue weighted by Crippen LogP contribution is -2.32. The quantitative estimate of drug-likeness (QED) is 0.472. The molecule has 33 heavy (non-hydrogen) atoms. The molecule has 0 saturated carbocycles. The Morgan fingerprint density at radius 3 is 2.06 bits per heavy atom. The lowest BCUT2D eigenvalue weighted by Gasteiger charge is -2.28. The molecular weight excluding hydrogens is 458 g/mol. The predicted octanol–water partition coefficient (Wildman–Crippen LogP) is 6.76. The lowest BCUT2D eigenvalue weighted by atomic mass is 9.78. The van der Waals surface area contributed by atoms with Gasteiger partial charge in [-0.25, -0.2) is 0 Å². The maximum absolute atomic E-state index is 12.9. The molecule has 2 amide bonds. The number of carbonyl (C=O) groups excluding carboxylic acids is 2. The molecule has 5 nitrogen and oxygen atoms in total. The third-order valence-corrected chi connectivity index (χ3v) is 6.48. The van der Waals surface area contributed by atoms with Crippen LogP contribution in [0.25, 0.3) is 6.08 Å². The Labute approximate surface area is 204 Å². The number of hydrogen-bond donors (Lipinski definition) is 1.